The summed E-state index contributed by atoms with van der Waals surface area (Å²) in [4.78, 5) is 38.5. The van der Waals surface area contributed by atoms with E-state index in [9.17, 15) is 14.4 Å². The molecular formula is C25H30N4O4. The van der Waals surface area contributed by atoms with E-state index in [2.05, 4.69) is 15.5 Å². The Kier molecular flexibility index (Phi) is 9.17. The maximum atomic E-state index is 12.6. The molecule has 0 bridgehead atoms. The quantitative estimate of drug-likeness (QED) is 0.280. The summed E-state index contributed by atoms with van der Waals surface area (Å²) in [6.07, 6.45) is 7.14. The van der Waals surface area contributed by atoms with Crippen LogP contribution >= 0.6 is 0 Å². The minimum atomic E-state index is -0.611. The maximum Gasteiger partial charge on any atom is 0.322 e. The molecule has 8 nitrogen and oxygen atoms in total. The van der Waals surface area contributed by atoms with Crippen LogP contribution in [0.2, 0.25) is 0 Å². The number of hydroxylamine groups is 1. The van der Waals surface area contributed by atoms with E-state index in [1.807, 2.05) is 30.3 Å². The van der Waals surface area contributed by atoms with Gasteiger partial charge in [0.05, 0.1) is 6.04 Å². The Labute approximate surface area is 193 Å². The molecule has 174 valence electrons. The van der Waals surface area contributed by atoms with Crippen molar-refractivity contribution < 1.29 is 19.6 Å². The lowest BCUT2D eigenvalue weighted by Gasteiger charge is -2.28. The summed E-state index contributed by atoms with van der Waals surface area (Å²) >= 11 is 0. The Morgan fingerprint density at radius 3 is 2.33 bits per heavy atom. The average Bonchev–Trinajstić information content (AvgIpc) is 2.86. The van der Waals surface area contributed by atoms with Crippen LogP contribution in [0.3, 0.4) is 0 Å². The van der Waals surface area contributed by atoms with Gasteiger partial charge in [0.25, 0.3) is 11.8 Å². The topological polar surface area (TPSA) is 111 Å². The highest BCUT2D eigenvalue weighted by atomic mass is 16.5. The Morgan fingerprint density at radius 2 is 1.67 bits per heavy atom. The molecule has 4 amide bonds. The second kappa shape index (κ2) is 12.5. The molecule has 0 radical (unpaired) electrons. The zero-order chi connectivity index (χ0) is 23.5. The van der Waals surface area contributed by atoms with E-state index < -0.39 is 17.8 Å². The highest BCUT2D eigenvalue weighted by molar-refractivity contribution is 6.04. The minimum absolute atomic E-state index is 0.283. The summed E-state index contributed by atoms with van der Waals surface area (Å²) < 4.78 is 0. The first-order chi connectivity index (χ1) is 16.0. The van der Waals surface area contributed by atoms with Crippen LogP contribution in [0, 0.1) is 0 Å². The van der Waals surface area contributed by atoms with E-state index in [1.54, 1.807) is 35.8 Å². The highest BCUT2D eigenvalue weighted by Gasteiger charge is 2.19. The van der Waals surface area contributed by atoms with Gasteiger partial charge >= 0.3 is 6.03 Å². The number of hydrogen-bond donors (Lipinski definition) is 4. The molecule has 1 aliphatic heterocycles. The second-order valence-electron chi connectivity index (χ2n) is 8.01. The lowest BCUT2D eigenvalue weighted by Crippen LogP contribution is -2.42. The Morgan fingerprint density at radius 1 is 0.970 bits per heavy atom. The smallest absolute Gasteiger partial charge is 0.322 e. The Hall–Kier alpha value is -3.49. The highest BCUT2D eigenvalue weighted by Crippen LogP contribution is 2.20. The van der Waals surface area contributed by atoms with Gasteiger partial charge in [0.15, 0.2) is 0 Å². The molecule has 0 saturated carbocycles. The zero-order valence-electron chi connectivity index (χ0n) is 18.5. The lowest BCUT2D eigenvalue weighted by molar-refractivity contribution is -0.124. The number of imide groups is 1. The standard InChI is InChI=1S/C25H30N4O4/c30-23(28-33)14-11-19-9-12-20(13-10-19)22(15-18-29-16-5-2-6-17-29)26-25(32)27-24(31)21-7-3-1-4-8-21/h1,3-4,7-14,22,33H,2,5-6,15-18H2,(H,28,30)(H2,26,27,31,32). The summed E-state index contributed by atoms with van der Waals surface area (Å²) in [6, 6.07) is 15.2. The van der Waals surface area contributed by atoms with Crippen molar-refractivity contribution >= 4 is 23.9 Å². The van der Waals surface area contributed by atoms with E-state index in [0.717, 1.165) is 30.8 Å². The van der Waals surface area contributed by atoms with Crippen LogP contribution in [0.4, 0.5) is 4.79 Å². The van der Waals surface area contributed by atoms with Crippen molar-refractivity contribution in [3.63, 3.8) is 0 Å². The normalized spacial score (nSPS) is 15.1. The largest absolute Gasteiger partial charge is 0.331 e. The van der Waals surface area contributed by atoms with Gasteiger partial charge in [-0.15, -0.1) is 0 Å². The number of rotatable bonds is 8. The summed E-state index contributed by atoms with van der Waals surface area (Å²) in [7, 11) is 0. The van der Waals surface area contributed by atoms with Crippen LogP contribution < -0.4 is 16.1 Å². The summed E-state index contributed by atoms with van der Waals surface area (Å²) in [6.45, 7) is 2.96. The van der Waals surface area contributed by atoms with Gasteiger partial charge in [-0.05, 0) is 61.7 Å². The number of likely N-dealkylation sites (tertiary alicyclic amines) is 1. The van der Waals surface area contributed by atoms with E-state index >= 15 is 0 Å². The number of nitrogens with one attached hydrogen (secondary N) is 3. The molecule has 1 fully saturated rings. The van der Waals surface area contributed by atoms with Crippen molar-refractivity contribution in [1.29, 1.82) is 0 Å². The van der Waals surface area contributed by atoms with Gasteiger partial charge in [0.2, 0.25) is 0 Å². The van der Waals surface area contributed by atoms with Crippen LogP contribution in [0.15, 0.2) is 60.7 Å². The van der Waals surface area contributed by atoms with Crippen LogP contribution in [0.5, 0.6) is 0 Å². The number of benzene rings is 2. The molecule has 0 aromatic heterocycles. The molecule has 1 saturated heterocycles. The number of carbonyl (C=O) groups is 3. The van der Waals surface area contributed by atoms with Gasteiger partial charge in [0.1, 0.15) is 0 Å². The predicted molar refractivity (Wildman–Crippen MR) is 125 cm³/mol. The van der Waals surface area contributed by atoms with Crippen LogP contribution in [-0.2, 0) is 4.79 Å². The fourth-order valence-electron chi connectivity index (χ4n) is 3.82. The van der Waals surface area contributed by atoms with Gasteiger partial charge in [-0.3, -0.25) is 20.1 Å². The molecule has 4 N–H and O–H groups in total. The molecule has 2 aromatic carbocycles. The molecule has 1 aliphatic rings. The van der Waals surface area contributed by atoms with E-state index in [4.69, 9.17) is 5.21 Å². The van der Waals surface area contributed by atoms with Gasteiger partial charge in [-0.2, -0.15) is 0 Å². The number of hydrogen-bond acceptors (Lipinski definition) is 5. The number of nitrogens with zero attached hydrogens (tertiary/aromatic N) is 1. The first kappa shape index (κ1) is 24.2. The lowest BCUT2D eigenvalue weighted by atomic mass is 10.0. The monoisotopic (exact) mass is 450 g/mol. The third kappa shape index (κ3) is 7.85. The number of amides is 4. The van der Waals surface area contributed by atoms with Gasteiger partial charge in [-0.1, -0.05) is 48.9 Å². The summed E-state index contributed by atoms with van der Waals surface area (Å²) in [5.74, 6) is -1.06. The van der Waals surface area contributed by atoms with E-state index in [0.29, 0.717) is 12.0 Å². The third-order valence-electron chi connectivity index (χ3n) is 5.63. The number of carbonyl (C=O) groups excluding carboxylic acids is 3. The SMILES string of the molecule is O=C(C=Cc1ccc(C(CCN2CCCCC2)NC(=O)NC(=O)c2ccccc2)cc1)NO. The Bertz CT molecular complexity index is 954. The van der Waals surface area contributed by atoms with Crippen molar-refractivity contribution in [2.24, 2.45) is 0 Å². The average molecular weight is 451 g/mol. The molecule has 3 rings (SSSR count). The van der Waals surface area contributed by atoms with Crippen molar-refractivity contribution in [3.8, 4) is 0 Å². The fraction of sp³-hybridized carbons (Fsp3) is 0.320. The first-order valence-corrected chi connectivity index (χ1v) is 11.2. The molecule has 2 aromatic rings. The van der Waals surface area contributed by atoms with Crippen LogP contribution in [0.25, 0.3) is 6.08 Å². The van der Waals surface area contributed by atoms with Gasteiger partial charge in [0, 0.05) is 18.2 Å². The summed E-state index contributed by atoms with van der Waals surface area (Å²) in [5.41, 5.74) is 3.65. The molecule has 1 atom stereocenters. The molecule has 33 heavy (non-hydrogen) atoms. The van der Waals surface area contributed by atoms with Crippen molar-refractivity contribution in [1.82, 2.24) is 21.0 Å². The van der Waals surface area contributed by atoms with Crippen molar-refractivity contribution in [3.05, 3.63) is 77.4 Å². The van der Waals surface area contributed by atoms with E-state index in [-0.39, 0.29) is 6.04 Å². The number of urea groups is 1. The molecule has 8 heteroatoms. The first-order valence-electron chi connectivity index (χ1n) is 11.2. The predicted octanol–water partition coefficient (Wildman–Crippen LogP) is 3.26. The van der Waals surface area contributed by atoms with Gasteiger partial charge in [-0.25, -0.2) is 10.3 Å². The van der Waals surface area contributed by atoms with E-state index in [1.165, 1.54) is 25.3 Å². The molecule has 0 spiro atoms. The Balaban J connectivity index is 1.67. The molecule has 1 heterocycles. The fourth-order valence-corrected chi connectivity index (χ4v) is 3.82. The number of piperidine rings is 1. The van der Waals surface area contributed by atoms with Crippen molar-refractivity contribution in [2.75, 3.05) is 19.6 Å². The van der Waals surface area contributed by atoms with Crippen LogP contribution in [-0.4, -0.2) is 47.6 Å². The second-order valence-corrected chi connectivity index (χ2v) is 8.01. The van der Waals surface area contributed by atoms with Gasteiger partial charge < -0.3 is 10.2 Å². The van der Waals surface area contributed by atoms with Crippen LogP contribution in [0.1, 0.15) is 53.2 Å². The molecular weight excluding hydrogens is 420 g/mol. The molecule has 0 aliphatic carbocycles. The van der Waals surface area contributed by atoms with Crippen molar-refractivity contribution in [2.45, 2.75) is 31.7 Å². The summed E-state index contributed by atoms with van der Waals surface area (Å²) in [5, 5.41) is 13.9. The molecule has 1 unspecified atom stereocenters. The maximum absolute atomic E-state index is 12.6. The zero-order valence-corrected chi connectivity index (χ0v) is 18.5. The minimum Gasteiger partial charge on any atom is -0.331 e. The third-order valence-corrected chi connectivity index (χ3v) is 5.63.